The summed E-state index contributed by atoms with van der Waals surface area (Å²) in [7, 11) is 5.12. The fourth-order valence-corrected chi connectivity index (χ4v) is 6.43. The van der Waals surface area contributed by atoms with E-state index in [0.29, 0.717) is 79.1 Å². The number of hydrogen-bond donors (Lipinski definition) is 3. The number of aliphatic hydroxyl groups excluding tert-OH is 2. The number of nitrogens with one attached hydrogen (secondary N) is 1. The number of aliphatic imine (C=N–C) groups is 3. The van der Waals surface area contributed by atoms with Gasteiger partial charge in [0.2, 0.25) is 0 Å². The van der Waals surface area contributed by atoms with Gasteiger partial charge in [-0.2, -0.15) is 0 Å². The lowest BCUT2D eigenvalue weighted by molar-refractivity contribution is -0.141. The van der Waals surface area contributed by atoms with Crippen molar-refractivity contribution in [3.8, 4) is 0 Å². The highest BCUT2D eigenvalue weighted by atomic mass is 16.5. The van der Waals surface area contributed by atoms with Crippen LogP contribution in [0.1, 0.15) is 59.3 Å². The van der Waals surface area contributed by atoms with Crippen molar-refractivity contribution in [2.45, 2.75) is 59.3 Å². The Kier molecular flexibility index (Phi) is 11.1. The smallest absolute Gasteiger partial charge is 0.310 e. The number of methoxy groups -OCH3 is 4. The molecular formula is C38H42N4O10. The van der Waals surface area contributed by atoms with Gasteiger partial charge in [-0.3, -0.25) is 19.2 Å². The molecule has 14 heteroatoms. The first-order chi connectivity index (χ1) is 24.7. The Hall–Kier alpha value is -5.63. The highest BCUT2D eigenvalue weighted by Gasteiger charge is 2.39. The molecule has 14 nitrogen and oxygen atoms in total. The van der Waals surface area contributed by atoms with Crippen molar-refractivity contribution in [2.75, 3.05) is 35.0 Å². The molecule has 52 heavy (non-hydrogen) atoms. The number of rotatable bonds is 11. The molecule has 3 N–H and O–H groups in total. The molecule has 0 aromatic heterocycles. The lowest BCUT2D eigenvalue weighted by Gasteiger charge is -2.20. The molecule has 0 spiro atoms. The van der Waals surface area contributed by atoms with Crippen LogP contribution in [0.4, 0.5) is 0 Å². The Morgan fingerprint density at radius 3 is 1.69 bits per heavy atom. The molecule has 0 aromatic carbocycles. The van der Waals surface area contributed by atoms with Crippen LogP contribution in [0.25, 0.3) is 0 Å². The van der Waals surface area contributed by atoms with E-state index in [1.165, 1.54) is 28.4 Å². The Balaban J connectivity index is 1.85. The van der Waals surface area contributed by atoms with Gasteiger partial charge in [0.05, 0.1) is 93.2 Å². The fraction of sp³-hybridized carbons (Fsp3) is 0.395. The van der Waals surface area contributed by atoms with E-state index in [4.69, 9.17) is 33.9 Å². The van der Waals surface area contributed by atoms with E-state index in [9.17, 15) is 29.4 Å². The first-order valence-electron chi connectivity index (χ1n) is 16.6. The predicted octanol–water partition coefficient (Wildman–Crippen LogP) is 4.23. The molecule has 0 fully saturated rings. The van der Waals surface area contributed by atoms with E-state index in [0.717, 1.165) is 0 Å². The number of hydrogen-bond acceptors (Lipinski definition) is 14. The van der Waals surface area contributed by atoms with Crippen LogP contribution >= 0.6 is 0 Å². The second-order valence-corrected chi connectivity index (χ2v) is 13.0. The maximum absolute atomic E-state index is 12.8. The van der Waals surface area contributed by atoms with Gasteiger partial charge in [-0.25, -0.2) is 15.0 Å². The molecule has 5 aliphatic heterocycles. The largest absolute Gasteiger partial charge is 0.509 e. The molecule has 0 saturated carbocycles. The summed E-state index contributed by atoms with van der Waals surface area (Å²) in [5.41, 5.74) is 5.72. The summed E-state index contributed by atoms with van der Waals surface area (Å²) in [6.07, 6.45) is 6.64. The van der Waals surface area contributed by atoms with Crippen molar-refractivity contribution in [3.63, 3.8) is 0 Å². The minimum Gasteiger partial charge on any atom is -0.509 e. The van der Waals surface area contributed by atoms with Crippen molar-refractivity contribution in [3.05, 3.63) is 92.0 Å². The number of carbonyl (C=O) groups is 4. The molecule has 0 radical (unpaired) electrons. The molecule has 0 atom stereocenters. The average molecular weight is 715 g/mol. The number of allylic oxidation sites excluding steroid dienone is 8. The van der Waals surface area contributed by atoms with Gasteiger partial charge in [0.15, 0.2) is 0 Å². The highest BCUT2D eigenvalue weighted by molar-refractivity contribution is 6.19. The van der Waals surface area contributed by atoms with Gasteiger partial charge in [-0.05, 0) is 85.8 Å². The third kappa shape index (κ3) is 7.38. The summed E-state index contributed by atoms with van der Waals surface area (Å²) < 4.78 is 19.9. The van der Waals surface area contributed by atoms with Gasteiger partial charge < -0.3 is 34.5 Å². The zero-order valence-corrected chi connectivity index (χ0v) is 30.3. The van der Waals surface area contributed by atoms with Crippen molar-refractivity contribution in [1.82, 2.24) is 5.32 Å². The monoisotopic (exact) mass is 714 g/mol. The second kappa shape index (κ2) is 15.3. The first kappa shape index (κ1) is 37.6. The van der Waals surface area contributed by atoms with Gasteiger partial charge in [-0.15, -0.1) is 0 Å². The molecule has 0 unspecified atom stereocenters. The van der Waals surface area contributed by atoms with Crippen LogP contribution in [0.3, 0.4) is 0 Å². The predicted molar refractivity (Wildman–Crippen MR) is 191 cm³/mol. The Morgan fingerprint density at radius 2 is 1.13 bits per heavy atom. The maximum atomic E-state index is 12.8. The third-order valence-electron chi connectivity index (χ3n) is 9.60. The number of carbonyl (C=O) groups excluding carboxylic acids is 4. The number of aliphatic hydroxyl groups is 2. The van der Waals surface area contributed by atoms with E-state index < -0.39 is 29.3 Å². The minimum absolute atomic E-state index is 0.0251. The van der Waals surface area contributed by atoms with Crippen LogP contribution in [0.15, 0.2) is 107 Å². The molecule has 8 bridgehead atoms. The van der Waals surface area contributed by atoms with E-state index in [-0.39, 0.29) is 50.9 Å². The van der Waals surface area contributed by atoms with Crippen molar-refractivity contribution < 1.29 is 48.3 Å². The third-order valence-corrected chi connectivity index (χ3v) is 9.60. The van der Waals surface area contributed by atoms with Crippen LogP contribution in [-0.4, -0.2) is 86.3 Å². The molecule has 274 valence electrons. The van der Waals surface area contributed by atoms with E-state index in [2.05, 4.69) is 5.32 Å². The highest BCUT2D eigenvalue weighted by Crippen LogP contribution is 2.43. The molecule has 0 saturated heterocycles. The maximum Gasteiger partial charge on any atom is 0.310 e. The van der Waals surface area contributed by atoms with Gasteiger partial charge in [-0.1, -0.05) is 0 Å². The van der Waals surface area contributed by atoms with Crippen LogP contribution in [0, 0.1) is 5.41 Å². The van der Waals surface area contributed by atoms with Crippen LogP contribution < -0.4 is 5.32 Å². The molecule has 0 amide bonds. The fourth-order valence-electron chi connectivity index (χ4n) is 6.43. The quantitative estimate of drug-likeness (QED) is 0.205. The molecule has 5 heterocycles. The summed E-state index contributed by atoms with van der Waals surface area (Å²) in [4.78, 5) is 65.2. The lowest BCUT2D eigenvalue weighted by atomic mass is 9.87. The first-order valence-corrected chi connectivity index (χ1v) is 16.6. The summed E-state index contributed by atoms with van der Waals surface area (Å²) in [6, 6.07) is 0. The summed E-state index contributed by atoms with van der Waals surface area (Å²) >= 11 is 0. The lowest BCUT2D eigenvalue weighted by Crippen LogP contribution is -2.20. The molecule has 5 rings (SSSR count). The van der Waals surface area contributed by atoms with E-state index >= 15 is 0 Å². The van der Waals surface area contributed by atoms with Crippen molar-refractivity contribution in [2.24, 2.45) is 20.4 Å². The number of fused-ring (bicyclic) bond motifs is 5. The average Bonchev–Trinajstić information content (AvgIpc) is 3.78. The topological polar surface area (TPSA) is 195 Å². The number of ether oxygens (including phenoxy) is 4. The van der Waals surface area contributed by atoms with Crippen molar-refractivity contribution >= 4 is 41.0 Å². The minimum atomic E-state index is -0.918. The van der Waals surface area contributed by atoms with Gasteiger partial charge in [0, 0.05) is 24.1 Å². The Morgan fingerprint density at radius 1 is 0.654 bits per heavy atom. The van der Waals surface area contributed by atoms with Gasteiger partial charge in [0.25, 0.3) is 0 Å². The Bertz CT molecular complexity index is 1990. The Labute approximate surface area is 301 Å². The van der Waals surface area contributed by atoms with Gasteiger partial charge in [0.1, 0.15) is 5.76 Å². The zero-order chi connectivity index (χ0) is 37.9. The summed E-state index contributed by atoms with van der Waals surface area (Å²) in [5, 5.41) is 25.2. The van der Waals surface area contributed by atoms with Gasteiger partial charge >= 0.3 is 23.9 Å². The summed E-state index contributed by atoms with van der Waals surface area (Å²) in [6.45, 7) is 5.13. The zero-order valence-electron chi connectivity index (χ0n) is 30.3. The van der Waals surface area contributed by atoms with Crippen LogP contribution in [0.2, 0.25) is 0 Å². The SMILES string of the molecule is COC(=O)CCC1=C(CC(=O)OC)C2=NC1=CC1=NC(=CC3=NC(=CC4=C(O)C(C)(C)C(=C2)N4)C(C)=C3CO)C(CC(=O)OC)=C1CCC(=O)OC. The number of esters is 4. The van der Waals surface area contributed by atoms with E-state index in [1.807, 2.05) is 20.8 Å². The standard InChI is InChI=1S/C38H42N4O10/c1-19-24(18-43)29-16-28-22(12-35(46)51-6)20(8-10-33(44)49-4)26(40-28)15-27-21(9-11-34(45)50-5)23(13-36(47)52-7)30(41-27)17-32-38(2,3)37(48)31(42-32)14-25(19)39-29/h14-17,42-43,48H,8-13,18H2,1-7H3. The normalized spacial score (nSPS) is 19.0. The molecule has 0 aliphatic carbocycles. The number of nitrogens with zero attached hydrogens (tertiary/aromatic N) is 3. The second-order valence-electron chi connectivity index (χ2n) is 13.0. The van der Waals surface area contributed by atoms with Crippen molar-refractivity contribution in [1.29, 1.82) is 0 Å². The molecular weight excluding hydrogens is 672 g/mol. The summed E-state index contributed by atoms with van der Waals surface area (Å²) in [5.74, 6) is -1.99. The van der Waals surface area contributed by atoms with Crippen LogP contribution in [-0.2, 0) is 38.1 Å². The van der Waals surface area contributed by atoms with E-state index in [1.54, 1.807) is 24.3 Å². The molecule has 0 aromatic rings. The van der Waals surface area contributed by atoms with Crippen LogP contribution in [0.5, 0.6) is 0 Å². The molecule has 5 aliphatic rings.